The number of hydrogen-bond acceptors (Lipinski definition) is 8. The maximum atomic E-state index is 13.5. The summed E-state index contributed by atoms with van der Waals surface area (Å²) in [6.07, 6.45) is 7.61. The zero-order chi connectivity index (χ0) is 24.5. The number of nitrogens with zero attached hydrogens (tertiary/aromatic N) is 2. The maximum Gasteiger partial charge on any atom is 0.200 e. The minimum absolute atomic E-state index is 0.176. The van der Waals surface area contributed by atoms with Gasteiger partial charge in [0.1, 0.15) is 11.5 Å². The highest BCUT2D eigenvalue weighted by Gasteiger charge is 2.37. The van der Waals surface area contributed by atoms with Gasteiger partial charge in [0.05, 0.1) is 35.3 Å². The van der Waals surface area contributed by atoms with Gasteiger partial charge in [-0.05, 0) is 49.5 Å². The van der Waals surface area contributed by atoms with Gasteiger partial charge in [0.25, 0.3) is 0 Å². The Bertz CT molecular complexity index is 1020. The lowest BCUT2D eigenvalue weighted by molar-refractivity contribution is 0.0975. The van der Waals surface area contributed by atoms with Crippen molar-refractivity contribution in [3.05, 3.63) is 46.5 Å². The molecule has 3 rings (SSSR count). The normalized spacial score (nSPS) is 12.9. The second kappa shape index (κ2) is 12.0. The number of phenolic OH excluding ortho intramolecular Hbond substituents is 2. The number of carbonyl (C=O) groups excluding carboxylic acids is 2. The molecule has 0 heterocycles. The summed E-state index contributed by atoms with van der Waals surface area (Å²) in [4.78, 5) is 35.6. The fourth-order valence-electron chi connectivity index (χ4n) is 3.79. The highest BCUT2D eigenvalue weighted by molar-refractivity contribution is 6.33. The summed E-state index contributed by atoms with van der Waals surface area (Å²) in [5.74, 6) is -1.70. The Kier molecular flexibility index (Phi) is 8.79. The molecule has 0 aliphatic heterocycles. The van der Waals surface area contributed by atoms with E-state index in [1.54, 1.807) is 12.1 Å². The first-order valence-corrected chi connectivity index (χ1v) is 11.8. The van der Waals surface area contributed by atoms with Crippen LogP contribution in [0.5, 0.6) is 11.5 Å². The van der Waals surface area contributed by atoms with Crippen LogP contribution in [-0.2, 0) is 0 Å². The van der Waals surface area contributed by atoms with Crippen LogP contribution >= 0.6 is 0 Å². The Labute approximate surface area is 199 Å². The van der Waals surface area contributed by atoms with Crippen LogP contribution < -0.4 is 10.6 Å². The number of ketones is 2. The molecule has 2 aromatic rings. The van der Waals surface area contributed by atoms with Crippen molar-refractivity contribution in [3.63, 3.8) is 0 Å². The van der Waals surface area contributed by atoms with Crippen molar-refractivity contribution in [2.24, 2.45) is 9.98 Å². The van der Waals surface area contributed by atoms with Crippen LogP contribution in [0.1, 0.15) is 71.4 Å². The van der Waals surface area contributed by atoms with E-state index in [0.717, 1.165) is 25.7 Å². The first kappa shape index (κ1) is 25.0. The smallest absolute Gasteiger partial charge is 0.200 e. The fourth-order valence-corrected chi connectivity index (χ4v) is 3.79. The number of nitrogens with one attached hydrogen (secondary N) is 2. The molecule has 0 saturated heterocycles. The van der Waals surface area contributed by atoms with Crippen molar-refractivity contribution in [3.8, 4) is 11.5 Å². The number of hydrogen-bond donors (Lipinski definition) is 4. The van der Waals surface area contributed by atoms with E-state index >= 15 is 0 Å². The molecule has 0 amide bonds. The van der Waals surface area contributed by atoms with E-state index in [-0.39, 0.29) is 33.8 Å². The Morgan fingerprint density at radius 3 is 1.50 bits per heavy atom. The number of benzene rings is 2. The van der Waals surface area contributed by atoms with Crippen molar-refractivity contribution in [1.29, 1.82) is 0 Å². The van der Waals surface area contributed by atoms with Gasteiger partial charge in [-0.15, -0.1) is 0 Å². The number of phenols is 2. The summed E-state index contributed by atoms with van der Waals surface area (Å²) in [6, 6.07) is 5.92. The van der Waals surface area contributed by atoms with Crippen LogP contribution in [0.2, 0.25) is 0 Å². The van der Waals surface area contributed by atoms with Crippen LogP contribution in [0.15, 0.2) is 34.3 Å². The predicted molar refractivity (Wildman–Crippen MR) is 137 cm³/mol. The molecule has 0 fully saturated rings. The number of carbonyl (C=O) groups is 2. The third-order valence-corrected chi connectivity index (χ3v) is 5.48. The molecule has 1 aliphatic carbocycles. The summed E-state index contributed by atoms with van der Waals surface area (Å²) < 4.78 is 0. The van der Waals surface area contributed by atoms with Crippen LogP contribution in [-0.4, -0.2) is 60.4 Å². The van der Waals surface area contributed by atoms with Crippen molar-refractivity contribution in [2.75, 3.05) is 36.8 Å². The third-order valence-electron chi connectivity index (χ3n) is 5.48. The van der Waals surface area contributed by atoms with E-state index < -0.39 is 11.6 Å². The second-order valence-electron chi connectivity index (χ2n) is 8.03. The zero-order valence-electron chi connectivity index (χ0n) is 19.7. The third kappa shape index (κ3) is 5.44. The van der Waals surface area contributed by atoms with Crippen molar-refractivity contribution in [1.82, 2.24) is 0 Å². The molecule has 8 nitrogen and oxygen atoms in total. The fraction of sp³-hybridized carbons (Fsp3) is 0.385. The number of unbranched alkanes of at least 4 members (excludes halogenated alkanes) is 2. The zero-order valence-corrected chi connectivity index (χ0v) is 19.7. The number of anilines is 2. The van der Waals surface area contributed by atoms with E-state index in [2.05, 4.69) is 34.5 Å². The van der Waals surface area contributed by atoms with Gasteiger partial charge in [-0.1, -0.05) is 26.7 Å². The second-order valence-corrected chi connectivity index (χ2v) is 8.03. The lowest BCUT2D eigenvalue weighted by Gasteiger charge is -2.24. The van der Waals surface area contributed by atoms with Gasteiger partial charge in [0.15, 0.2) is 0 Å². The molecule has 0 bridgehead atoms. The average molecular weight is 465 g/mol. The Morgan fingerprint density at radius 1 is 0.706 bits per heavy atom. The predicted octanol–water partition coefficient (Wildman–Crippen LogP) is 4.44. The van der Waals surface area contributed by atoms with Gasteiger partial charge >= 0.3 is 0 Å². The molecule has 0 spiro atoms. The highest BCUT2D eigenvalue weighted by Crippen LogP contribution is 2.42. The summed E-state index contributed by atoms with van der Waals surface area (Å²) >= 11 is 0. The molecule has 1 aliphatic rings. The van der Waals surface area contributed by atoms with Gasteiger partial charge in [-0.3, -0.25) is 19.6 Å². The Hall–Kier alpha value is -3.68. The van der Waals surface area contributed by atoms with Crippen LogP contribution in [0.3, 0.4) is 0 Å². The standard InChI is InChI=1S/C26H32N4O4/c1-3-5-11-27-13-15-29-17-7-8-18(30-16-14-28-12-6-4-2)22-21(17)25(33)23-19(31)9-10-20(32)24(23)26(22)34/h7-12,29-32H,3-6,13-16H2,1-2H3/b27-11+,28-12+. The van der Waals surface area contributed by atoms with Crippen LogP contribution in [0.4, 0.5) is 11.4 Å². The number of aliphatic imine (C=N–C) groups is 2. The molecule has 34 heavy (non-hydrogen) atoms. The molecule has 8 heteroatoms. The van der Waals surface area contributed by atoms with E-state index in [0.29, 0.717) is 37.6 Å². The molecular formula is C26H32N4O4. The monoisotopic (exact) mass is 464 g/mol. The molecule has 0 aromatic heterocycles. The van der Waals surface area contributed by atoms with E-state index in [9.17, 15) is 19.8 Å². The number of fused-ring (bicyclic) bond motifs is 2. The lowest BCUT2D eigenvalue weighted by Crippen LogP contribution is -2.25. The summed E-state index contributed by atoms with van der Waals surface area (Å²) in [7, 11) is 0. The summed E-state index contributed by atoms with van der Waals surface area (Å²) in [5, 5.41) is 27.1. The maximum absolute atomic E-state index is 13.5. The van der Waals surface area contributed by atoms with Gasteiger partial charge < -0.3 is 20.8 Å². The molecule has 180 valence electrons. The first-order valence-electron chi connectivity index (χ1n) is 11.8. The molecule has 0 unspecified atom stereocenters. The molecule has 0 radical (unpaired) electrons. The van der Waals surface area contributed by atoms with Crippen molar-refractivity contribution < 1.29 is 19.8 Å². The van der Waals surface area contributed by atoms with Gasteiger partial charge in [-0.2, -0.15) is 0 Å². The highest BCUT2D eigenvalue weighted by atomic mass is 16.3. The number of aromatic hydroxyl groups is 2. The van der Waals surface area contributed by atoms with Crippen molar-refractivity contribution in [2.45, 2.75) is 39.5 Å². The van der Waals surface area contributed by atoms with Gasteiger partial charge in [-0.25, -0.2) is 0 Å². The Morgan fingerprint density at radius 2 is 1.12 bits per heavy atom. The van der Waals surface area contributed by atoms with Crippen LogP contribution in [0.25, 0.3) is 0 Å². The largest absolute Gasteiger partial charge is 0.507 e. The molecule has 4 N–H and O–H groups in total. The van der Waals surface area contributed by atoms with E-state index in [4.69, 9.17) is 0 Å². The van der Waals surface area contributed by atoms with E-state index in [1.807, 2.05) is 12.4 Å². The van der Waals surface area contributed by atoms with Gasteiger partial charge in [0, 0.05) is 24.5 Å². The quantitative estimate of drug-likeness (QED) is 0.179. The minimum atomic E-state index is -0.514. The average Bonchev–Trinajstić information content (AvgIpc) is 2.83. The van der Waals surface area contributed by atoms with E-state index in [1.165, 1.54) is 12.1 Å². The van der Waals surface area contributed by atoms with Crippen LogP contribution in [0, 0.1) is 0 Å². The van der Waals surface area contributed by atoms with Crippen molar-refractivity contribution >= 4 is 35.4 Å². The molecular weight excluding hydrogens is 432 g/mol. The molecule has 2 aromatic carbocycles. The summed E-state index contributed by atoms with van der Waals surface area (Å²) in [6.45, 7) is 6.16. The first-order chi connectivity index (χ1) is 16.5. The lowest BCUT2D eigenvalue weighted by atomic mass is 9.81. The Balaban J connectivity index is 1.94. The van der Waals surface area contributed by atoms with Gasteiger partial charge in [0.2, 0.25) is 11.6 Å². The molecule has 0 atom stereocenters. The number of rotatable bonds is 12. The minimum Gasteiger partial charge on any atom is -0.507 e. The summed E-state index contributed by atoms with van der Waals surface area (Å²) in [5.41, 5.74) is 0.967. The topological polar surface area (TPSA) is 123 Å². The SMILES string of the molecule is CCC/C=N/CCNc1ccc(NCC/N=C/CCC)c2c1C(=O)c1c(O)ccc(O)c1C2=O. The molecule has 0 saturated carbocycles.